The van der Waals surface area contributed by atoms with Crippen molar-refractivity contribution in [2.24, 2.45) is 0 Å². The van der Waals surface area contributed by atoms with E-state index in [1.165, 1.54) is 54.2 Å². The van der Waals surface area contributed by atoms with E-state index < -0.39 is 0 Å². The molecule has 0 unspecified atom stereocenters. The lowest BCUT2D eigenvalue weighted by Gasteiger charge is -2.14. The number of hydrogen-bond donors (Lipinski definition) is 0. The second-order valence-electron chi connectivity index (χ2n) is 7.40. The third-order valence-electron chi connectivity index (χ3n) is 5.79. The Morgan fingerprint density at radius 1 is 0.538 bits per heavy atom. The predicted molar refractivity (Wildman–Crippen MR) is 114 cm³/mol. The number of rotatable bonds is 0. The molecule has 0 atom stereocenters. The van der Waals surface area contributed by atoms with E-state index in [-0.39, 0.29) is 0 Å². The van der Waals surface area contributed by atoms with Crippen LogP contribution in [0.1, 0.15) is 17.5 Å². The van der Waals surface area contributed by atoms with Crippen molar-refractivity contribution in [1.29, 1.82) is 0 Å². The fourth-order valence-corrected chi connectivity index (χ4v) is 4.44. The fraction of sp³-hybridized carbons (Fsp3) is 0.0769. The number of benzene rings is 5. The zero-order valence-electron chi connectivity index (χ0n) is 14.5. The molecule has 0 radical (unpaired) electrons. The molecule has 0 bridgehead atoms. The highest BCUT2D eigenvalue weighted by molar-refractivity contribution is 6.09. The maximum Gasteiger partial charge on any atom is -0.0102 e. The van der Waals surface area contributed by atoms with Gasteiger partial charge in [-0.05, 0) is 103 Å². The highest BCUT2D eigenvalue weighted by Gasteiger charge is 2.10. The number of fused-ring (bicyclic) bond motifs is 6. The summed E-state index contributed by atoms with van der Waals surface area (Å²) in [7, 11) is 0. The van der Waals surface area contributed by atoms with Gasteiger partial charge in [-0.2, -0.15) is 0 Å². The van der Waals surface area contributed by atoms with Crippen molar-refractivity contribution in [2.45, 2.75) is 12.8 Å². The van der Waals surface area contributed by atoms with Crippen molar-refractivity contribution in [3.8, 4) is 0 Å². The quantitative estimate of drug-likeness (QED) is 0.262. The molecule has 0 spiro atoms. The van der Waals surface area contributed by atoms with Gasteiger partial charge in [-0.1, -0.05) is 48.6 Å². The molecule has 0 aliphatic heterocycles. The molecule has 5 aromatic rings. The maximum atomic E-state index is 2.38. The molecule has 122 valence electrons. The summed E-state index contributed by atoms with van der Waals surface area (Å²) in [6.45, 7) is 0. The second-order valence-corrected chi connectivity index (χ2v) is 7.40. The maximum absolute atomic E-state index is 2.38. The van der Waals surface area contributed by atoms with Crippen LogP contribution in [-0.4, -0.2) is 0 Å². The van der Waals surface area contributed by atoms with E-state index in [4.69, 9.17) is 0 Å². The zero-order valence-corrected chi connectivity index (χ0v) is 14.5. The number of aryl methyl sites for hydroxylation is 1. The highest BCUT2D eigenvalue weighted by Crippen LogP contribution is 2.33. The second kappa shape index (κ2) is 5.19. The Labute approximate surface area is 152 Å². The van der Waals surface area contributed by atoms with Gasteiger partial charge in [0.2, 0.25) is 0 Å². The van der Waals surface area contributed by atoms with Gasteiger partial charge in [0, 0.05) is 0 Å². The van der Waals surface area contributed by atoms with Crippen LogP contribution in [0.3, 0.4) is 0 Å². The van der Waals surface area contributed by atoms with Crippen molar-refractivity contribution in [2.75, 3.05) is 0 Å². The van der Waals surface area contributed by atoms with Gasteiger partial charge in [-0.15, -0.1) is 0 Å². The van der Waals surface area contributed by atoms with Gasteiger partial charge >= 0.3 is 0 Å². The lowest BCUT2D eigenvalue weighted by molar-refractivity contribution is 0.990. The van der Waals surface area contributed by atoms with Gasteiger partial charge in [0.25, 0.3) is 0 Å². The number of allylic oxidation sites excluding steroid dienone is 1. The zero-order chi connectivity index (χ0) is 17.1. The Bertz CT molecular complexity index is 1370. The van der Waals surface area contributed by atoms with Crippen LogP contribution >= 0.6 is 0 Å². The van der Waals surface area contributed by atoms with E-state index in [0.717, 1.165) is 12.8 Å². The smallest absolute Gasteiger partial charge is 0.0102 e. The van der Waals surface area contributed by atoms with E-state index in [9.17, 15) is 0 Å². The first kappa shape index (κ1) is 14.1. The van der Waals surface area contributed by atoms with Gasteiger partial charge in [0.05, 0.1) is 0 Å². The normalized spacial score (nSPS) is 13.7. The largest absolute Gasteiger partial charge is 0.0836 e. The Balaban J connectivity index is 1.71. The van der Waals surface area contributed by atoms with Gasteiger partial charge in [-0.3, -0.25) is 0 Å². The molecule has 5 aromatic carbocycles. The molecule has 26 heavy (non-hydrogen) atoms. The lowest BCUT2D eigenvalue weighted by atomic mass is 9.90. The van der Waals surface area contributed by atoms with Crippen molar-refractivity contribution < 1.29 is 0 Å². The predicted octanol–water partition coefficient (Wildman–Crippen LogP) is 7.26. The molecule has 6 rings (SSSR count). The molecular weight excluding hydrogens is 312 g/mol. The Kier molecular flexibility index (Phi) is 2.81. The van der Waals surface area contributed by atoms with Crippen LogP contribution in [0.2, 0.25) is 0 Å². The molecular formula is C26H18. The summed E-state index contributed by atoms with van der Waals surface area (Å²) >= 11 is 0. The average molecular weight is 330 g/mol. The molecule has 0 amide bonds. The first-order valence-electron chi connectivity index (χ1n) is 9.34. The van der Waals surface area contributed by atoms with E-state index in [1.54, 1.807) is 0 Å². The molecule has 0 saturated heterocycles. The van der Waals surface area contributed by atoms with Crippen molar-refractivity contribution in [3.63, 3.8) is 0 Å². The minimum atomic E-state index is 1.16. The molecule has 1 aliphatic carbocycles. The van der Waals surface area contributed by atoms with Crippen LogP contribution in [0.5, 0.6) is 0 Å². The van der Waals surface area contributed by atoms with Crippen LogP contribution in [-0.2, 0) is 6.42 Å². The summed E-state index contributed by atoms with van der Waals surface area (Å²) in [5.74, 6) is 0. The van der Waals surface area contributed by atoms with Crippen molar-refractivity contribution >= 4 is 49.2 Å². The van der Waals surface area contributed by atoms with Gasteiger partial charge in [-0.25, -0.2) is 0 Å². The topological polar surface area (TPSA) is 0 Å². The average Bonchev–Trinajstić information content (AvgIpc) is 2.69. The Morgan fingerprint density at radius 3 is 1.88 bits per heavy atom. The molecule has 1 aliphatic rings. The van der Waals surface area contributed by atoms with Crippen LogP contribution in [0.15, 0.2) is 78.9 Å². The Morgan fingerprint density at radius 2 is 1.15 bits per heavy atom. The minimum absolute atomic E-state index is 1.16. The summed E-state index contributed by atoms with van der Waals surface area (Å²) in [6.07, 6.45) is 6.92. The van der Waals surface area contributed by atoms with Crippen LogP contribution < -0.4 is 0 Å². The van der Waals surface area contributed by atoms with Crippen LogP contribution in [0.4, 0.5) is 0 Å². The summed E-state index contributed by atoms with van der Waals surface area (Å²) in [4.78, 5) is 0. The third kappa shape index (κ3) is 2.02. The molecule has 0 nitrogen and oxygen atoms in total. The van der Waals surface area contributed by atoms with Crippen molar-refractivity contribution in [3.05, 3.63) is 90.0 Å². The molecule has 0 N–H and O–H groups in total. The molecule has 0 aromatic heterocycles. The van der Waals surface area contributed by atoms with Gasteiger partial charge in [0.1, 0.15) is 0 Å². The molecule has 0 heterocycles. The van der Waals surface area contributed by atoms with E-state index in [0.29, 0.717) is 0 Å². The SMILES string of the molecule is C1=Cc2c(ccc3cc4cc5cc6ccccc6cc5cc4cc23)CC1. The van der Waals surface area contributed by atoms with Gasteiger partial charge < -0.3 is 0 Å². The molecule has 0 heteroatoms. The fourth-order valence-electron chi connectivity index (χ4n) is 4.44. The minimum Gasteiger partial charge on any atom is -0.0836 e. The van der Waals surface area contributed by atoms with E-state index in [1.807, 2.05) is 0 Å². The lowest BCUT2D eigenvalue weighted by Crippen LogP contribution is -1.94. The van der Waals surface area contributed by atoms with E-state index >= 15 is 0 Å². The highest BCUT2D eigenvalue weighted by atomic mass is 14.1. The first-order valence-corrected chi connectivity index (χ1v) is 9.34. The summed E-state index contributed by atoms with van der Waals surface area (Å²) in [5, 5.41) is 10.6. The van der Waals surface area contributed by atoms with Gasteiger partial charge in [0.15, 0.2) is 0 Å². The van der Waals surface area contributed by atoms with E-state index in [2.05, 4.69) is 84.9 Å². The van der Waals surface area contributed by atoms with Crippen molar-refractivity contribution in [1.82, 2.24) is 0 Å². The molecule has 0 saturated carbocycles. The monoisotopic (exact) mass is 330 g/mol. The third-order valence-corrected chi connectivity index (χ3v) is 5.79. The summed E-state index contributed by atoms with van der Waals surface area (Å²) in [6, 6.07) is 27.3. The standard InChI is InChI=1S/C26H18/c1-2-7-19-12-22-15-24-16-26-20(10-9-17-5-3-4-8-25(17)26)13-23(24)14-21(22)11-18(19)6-1/h1-2,4,6-16H,3,5H2. The summed E-state index contributed by atoms with van der Waals surface area (Å²) < 4.78 is 0. The van der Waals surface area contributed by atoms with Crippen LogP contribution in [0.25, 0.3) is 49.2 Å². The Hall–Kier alpha value is -3.12. The first-order chi connectivity index (χ1) is 12.8. The van der Waals surface area contributed by atoms with Crippen LogP contribution in [0, 0.1) is 0 Å². The summed E-state index contributed by atoms with van der Waals surface area (Å²) in [5.41, 5.74) is 2.89. The molecule has 0 fully saturated rings. The number of hydrogen-bond acceptors (Lipinski definition) is 0.